The number of esters is 1. The van der Waals surface area contributed by atoms with Crippen molar-refractivity contribution in [1.29, 1.82) is 0 Å². The molecule has 9 heteroatoms. The van der Waals surface area contributed by atoms with E-state index in [0.29, 0.717) is 30.9 Å². The van der Waals surface area contributed by atoms with Gasteiger partial charge in [-0.25, -0.2) is 9.59 Å². The van der Waals surface area contributed by atoms with Crippen LogP contribution in [0.2, 0.25) is 0 Å². The Morgan fingerprint density at radius 1 is 1.12 bits per heavy atom. The number of aliphatic hydroxyl groups is 1. The lowest BCUT2D eigenvalue weighted by atomic mass is 9.80. The zero-order valence-corrected chi connectivity index (χ0v) is 20.7. The molecule has 1 aromatic rings. The van der Waals surface area contributed by atoms with Gasteiger partial charge in [0.15, 0.2) is 0 Å². The standard InChI is InChI=1S/C25H37N3O6/c1-25(2,3)34-24(31)28-13-10-16(11-14-28)19(12-15-29)22-26-20(21(27-22)23(30)33-5)17-6-8-18(32-4)9-7-17/h6-9,16,19,22,26-27,29H,10-15H2,1-5H3. The van der Waals surface area contributed by atoms with Crippen molar-refractivity contribution in [3.05, 3.63) is 35.5 Å². The van der Waals surface area contributed by atoms with E-state index in [1.807, 2.05) is 45.0 Å². The Bertz CT molecular complexity index is 885. The second-order valence-electron chi connectivity index (χ2n) is 9.72. The predicted octanol–water partition coefficient (Wildman–Crippen LogP) is 2.70. The number of aliphatic hydroxyl groups excluding tert-OH is 1. The van der Waals surface area contributed by atoms with Crippen LogP contribution in [0.4, 0.5) is 4.79 Å². The molecule has 0 aliphatic carbocycles. The number of nitrogens with one attached hydrogen (secondary N) is 2. The van der Waals surface area contributed by atoms with Gasteiger partial charge in [-0.3, -0.25) is 0 Å². The van der Waals surface area contributed by atoms with Gasteiger partial charge in [0.05, 0.1) is 26.1 Å². The second-order valence-corrected chi connectivity index (χ2v) is 9.72. The summed E-state index contributed by atoms with van der Waals surface area (Å²) in [6, 6.07) is 7.44. The van der Waals surface area contributed by atoms with Crippen molar-refractivity contribution in [3.8, 4) is 5.75 Å². The van der Waals surface area contributed by atoms with Crippen molar-refractivity contribution in [2.75, 3.05) is 33.9 Å². The van der Waals surface area contributed by atoms with Crippen molar-refractivity contribution in [1.82, 2.24) is 15.5 Å². The third-order valence-electron chi connectivity index (χ3n) is 6.31. The molecular weight excluding hydrogens is 438 g/mol. The summed E-state index contributed by atoms with van der Waals surface area (Å²) in [7, 11) is 2.96. The summed E-state index contributed by atoms with van der Waals surface area (Å²) in [4.78, 5) is 26.7. The fourth-order valence-corrected chi connectivity index (χ4v) is 4.61. The summed E-state index contributed by atoms with van der Waals surface area (Å²) in [6.45, 7) is 6.80. The van der Waals surface area contributed by atoms with E-state index >= 15 is 0 Å². The summed E-state index contributed by atoms with van der Waals surface area (Å²) in [6.07, 6.45) is 1.59. The fourth-order valence-electron chi connectivity index (χ4n) is 4.61. The Morgan fingerprint density at radius 3 is 2.29 bits per heavy atom. The highest BCUT2D eigenvalue weighted by Gasteiger charge is 2.39. The smallest absolute Gasteiger partial charge is 0.410 e. The van der Waals surface area contributed by atoms with Crippen molar-refractivity contribution < 1.29 is 28.9 Å². The maximum Gasteiger partial charge on any atom is 0.410 e. The number of amides is 1. The molecule has 0 bridgehead atoms. The lowest BCUT2D eigenvalue weighted by Crippen LogP contribution is -2.48. The monoisotopic (exact) mass is 475 g/mol. The number of hydrogen-bond acceptors (Lipinski definition) is 8. The first-order valence-electron chi connectivity index (χ1n) is 11.8. The molecule has 2 heterocycles. The second kappa shape index (κ2) is 11.0. The number of hydrogen-bond donors (Lipinski definition) is 3. The molecule has 34 heavy (non-hydrogen) atoms. The van der Waals surface area contributed by atoms with E-state index < -0.39 is 11.6 Å². The number of carbonyl (C=O) groups excluding carboxylic acids is 2. The molecule has 3 N–H and O–H groups in total. The Hall–Kier alpha value is -2.94. The van der Waals surface area contributed by atoms with Gasteiger partial charge < -0.3 is 34.9 Å². The summed E-state index contributed by atoms with van der Waals surface area (Å²) in [5, 5.41) is 16.6. The summed E-state index contributed by atoms with van der Waals surface area (Å²) >= 11 is 0. The number of methoxy groups -OCH3 is 2. The van der Waals surface area contributed by atoms with Crippen LogP contribution in [0.5, 0.6) is 5.75 Å². The number of ether oxygens (including phenoxy) is 3. The average Bonchev–Trinajstić information content (AvgIpc) is 3.26. The number of benzene rings is 1. The first-order valence-corrected chi connectivity index (χ1v) is 11.8. The van der Waals surface area contributed by atoms with Gasteiger partial charge in [-0.05, 0) is 70.2 Å². The van der Waals surface area contributed by atoms with E-state index in [-0.39, 0.29) is 30.7 Å². The van der Waals surface area contributed by atoms with Gasteiger partial charge in [-0.15, -0.1) is 0 Å². The van der Waals surface area contributed by atoms with E-state index in [2.05, 4.69) is 10.6 Å². The van der Waals surface area contributed by atoms with Gasteiger partial charge in [-0.2, -0.15) is 0 Å². The van der Waals surface area contributed by atoms with Crippen LogP contribution in [0.25, 0.3) is 5.70 Å². The van der Waals surface area contributed by atoms with Gasteiger partial charge >= 0.3 is 12.1 Å². The Kier molecular flexibility index (Phi) is 8.30. The third kappa shape index (κ3) is 6.14. The minimum atomic E-state index is -0.529. The summed E-state index contributed by atoms with van der Waals surface area (Å²) in [5.74, 6) is 0.566. The Labute approximate surface area is 201 Å². The topological polar surface area (TPSA) is 109 Å². The summed E-state index contributed by atoms with van der Waals surface area (Å²) in [5.41, 5.74) is 1.33. The van der Waals surface area contributed by atoms with Gasteiger partial charge in [0.1, 0.15) is 17.0 Å². The number of nitrogens with zero attached hydrogens (tertiary/aromatic N) is 1. The predicted molar refractivity (Wildman–Crippen MR) is 128 cm³/mol. The van der Waals surface area contributed by atoms with Crippen LogP contribution in [0.3, 0.4) is 0 Å². The molecule has 2 unspecified atom stereocenters. The van der Waals surface area contributed by atoms with Crippen LogP contribution < -0.4 is 15.4 Å². The van der Waals surface area contributed by atoms with Crippen molar-refractivity contribution >= 4 is 17.8 Å². The number of likely N-dealkylation sites (tertiary alicyclic amines) is 1. The van der Waals surface area contributed by atoms with E-state index in [0.717, 1.165) is 24.2 Å². The fraction of sp³-hybridized carbons (Fsp3) is 0.600. The van der Waals surface area contributed by atoms with Crippen molar-refractivity contribution in [2.24, 2.45) is 11.8 Å². The normalized spacial score (nSPS) is 19.8. The number of rotatable bonds is 7. The molecule has 188 valence electrons. The average molecular weight is 476 g/mol. The van der Waals surface area contributed by atoms with Gasteiger partial charge in [0.25, 0.3) is 0 Å². The molecule has 0 spiro atoms. The van der Waals surface area contributed by atoms with Crippen LogP contribution in [0.1, 0.15) is 45.6 Å². The number of piperidine rings is 1. The van der Waals surface area contributed by atoms with Crippen LogP contribution in [0.15, 0.2) is 30.0 Å². The van der Waals surface area contributed by atoms with E-state index in [4.69, 9.17) is 14.2 Å². The minimum absolute atomic E-state index is 0.0300. The quantitative estimate of drug-likeness (QED) is 0.517. The highest BCUT2D eigenvalue weighted by molar-refractivity contribution is 5.97. The molecule has 2 aliphatic rings. The van der Waals surface area contributed by atoms with Crippen molar-refractivity contribution in [3.63, 3.8) is 0 Å². The molecule has 9 nitrogen and oxygen atoms in total. The van der Waals surface area contributed by atoms with Gasteiger partial charge in [-0.1, -0.05) is 0 Å². The zero-order chi connectivity index (χ0) is 24.9. The molecule has 0 saturated carbocycles. The molecular formula is C25H37N3O6. The van der Waals surface area contributed by atoms with Crippen LogP contribution >= 0.6 is 0 Å². The lowest BCUT2D eigenvalue weighted by molar-refractivity contribution is -0.136. The highest BCUT2D eigenvalue weighted by Crippen LogP contribution is 2.34. The zero-order valence-electron chi connectivity index (χ0n) is 20.7. The van der Waals surface area contributed by atoms with E-state index in [9.17, 15) is 14.7 Å². The van der Waals surface area contributed by atoms with E-state index in [1.165, 1.54) is 7.11 Å². The summed E-state index contributed by atoms with van der Waals surface area (Å²) < 4.78 is 15.8. The Balaban J connectivity index is 1.73. The third-order valence-corrected chi connectivity index (χ3v) is 6.31. The molecule has 0 radical (unpaired) electrons. The van der Waals surface area contributed by atoms with Crippen LogP contribution in [0, 0.1) is 11.8 Å². The first-order chi connectivity index (χ1) is 16.2. The molecule has 2 aliphatic heterocycles. The Morgan fingerprint density at radius 2 is 1.76 bits per heavy atom. The molecule has 0 aromatic heterocycles. The molecule has 1 fully saturated rings. The molecule has 2 atom stereocenters. The van der Waals surface area contributed by atoms with E-state index in [1.54, 1.807) is 12.0 Å². The highest BCUT2D eigenvalue weighted by atomic mass is 16.6. The molecule has 1 amide bonds. The largest absolute Gasteiger partial charge is 0.497 e. The van der Waals surface area contributed by atoms with Crippen LogP contribution in [-0.4, -0.2) is 67.8 Å². The SMILES string of the molecule is COC(=O)C1=C(c2ccc(OC)cc2)NC(C(CCO)C2CCN(C(=O)OC(C)(C)C)CC2)N1. The molecule has 3 rings (SSSR count). The number of carbonyl (C=O) groups is 2. The lowest BCUT2D eigenvalue weighted by Gasteiger charge is -2.39. The first kappa shape index (κ1) is 25.7. The van der Waals surface area contributed by atoms with Gasteiger partial charge in [0, 0.05) is 31.2 Å². The van der Waals surface area contributed by atoms with Crippen LogP contribution in [-0.2, 0) is 14.3 Å². The van der Waals surface area contributed by atoms with Crippen molar-refractivity contribution in [2.45, 2.75) is 51.8 Å². The molecule has 1 aromatic carbocycles. The maximum absolute atomic E-state index is 12.5. The maximum atomic E-state index is 12.5. The van der Waals surface area contributed by atoms with Gasteiger partial charge in [0.2, 0.25) is 0 Å². The molecule has 1 saturated heterocycles. The minimum Gasteiger partial charge on any atom is -0.497 e.